The van der Waals surface area contributed by atoms with Crippen LogP contribution in [0.1, 0.15) is 19.3 Å². The van der Waals surface area contributed by atoms with Gasteiger partial charge >= 0.3 is 6.36 Å². The number of carbonyl (C=O) groups excluding carboxylic acids is 2. The van der Waals surface area contributed by atoms with Gasteiger partial charge in [0.1, 0.15) is 31.0 Å². The summed E-state index contributed by atoms with van der Waals surface area (Å²) in [5.74, 6) is -0.978. The molecule has 8 nitrogen and oxygen atoms in total. The summed E-state index contributed by atoms with van der Waals surface area (Å²) in [7, 11) is 0. The van der Waals surface area contributed by atoms with E-state index in [-0.39, 0.29) is 34.7 Å². The standard InChI is InChI=1S/C23H21ClF3N5O3/c24-18-11-15(8-9-16(18)17-5-1-2-7-20(17)35-23(25,26)27)30-22(34)19-6-3-4-10-32(19)21(33)12-31-13-28-29-14-31/h1-2,5,7-9,11,13-14,19H,3-4,6,10,12H2,(H,30,34)/t19-/m1/s1. The number of amides is 2. The maximum Gasteiger partial charge on any atom is 0.573 e. The van der Waals surface area contributed by atoms with Crippen molar-refractivity contribution in [3.05, 3.63) is 60.1 Å². The molecule has 0 bridgehead atoms. The van der Waals surface area contributed by atoms with Gasteiger partial charge in [0.05, 0.1) is 5.02 Å². The smallest absolute Gasteiger partial charge is 0.405 e. The zero-order valence-electron chi connectivity index (χ0n) is 18.3. The van der Waals surface area contributed by atoms with Crippen molar-refractivity contribution in [2.75, 3.05) is 11.9 Å². The number of nitrogens with one attached hydrogen (secondary N) is 1. The molecule has 1 fully saturated rings. The zero-order valence-corrected chi connectivity index (χ0v) is 19.1. The molecule has 4 rings (SSSR count). The lowest BCUT2D eigenvalue weighted by Crippen LogP contribution is -2.50. The predicted octanol–water partition coefficient (Wildman–Crippen LogP) is 4.52. The molecule has 0 spiro atoms. The average Bonchev–Trinajstić information content (AvgIpc) is 3.32. The lowest BCUT2D eigenvalue weighted by atomic mass is 10.0. The second-order valence-electron chi connectivity index (χ2n) is 7.96. The van der Waals surface area contributed by atoms with E-state index in [0.717, 1.165) is 12.8 Å². The monoisotopic (exact) mass is 507 g/mol. The molecule has 1 atom stereocenters. The van der Waals surface area contributed by atoms with E-state index in [1.165, 1.54) is 53.6 Å². The molecule has 2 amide bonds. The lowest BCUT2D eigenvalue weighted by molar-refractivity contribution is -0.274. The minimum atomic E-state index is -4.85. The third-order valence-corrected chi connectivity index (χ3v) is 5.86. The van der Waals surface area contributed by atoms with Crippen LogP contribution in [0.4, 0.5) is 18.9 Å². The Bertz CT molecular complexity index is 1200. The van der Waals surface area contributed by atoms with E-state index in [1.54, 1.807) is 11.0 Å². The molecule has 2 aromatic carbocycles. The Kier molecular flexibility index (Phi) is 7.25. The van der Waals surface area contributed by atoms with Crippen LogP contribution in [0.25, 0.3) is 11.1 Å². The van der Waals surface area contributed by atoms with Crippen molar-refractivity contribution in [2.24, 2.45) is 0 Å². The molecule has 3 aromatic rings. The van der Waals surface area contributed by atoms with Crippen LogP contribution in [-0.4, -0.2) is 50.4 Å². The summed E-state index contributed by atoms with van der Waals surface area (Å²) in [5.41, 5.74) is 0.827. The Labute approximate surface area is 203 Å². The largest absolute Gasteiger partial charge is 0.573 e. The molecule has 0 radical (unpaired) electrons. The van der Waals surface area contributed by atoms with Crippen LogP contribution in [0.5, 0.6) is 5.75 Å². The van der Waals surface area contributed by atoms with Gasteiger partial charge in [-0.05, 0) is 37.5 Å². The number of anilines is 1. The highest BCUT2D eigenvalue weighted by Crippen LogP contribution is 2.38. The first-order valence-corrected chi connectivity index (χ1v) is 11.2. The summed E-state index contributed by atoms with van der Waals surface area (Å²) in [5, 5.41) is 10.3. The van der Waals surface area contributed by atoms with Crippen molar-refractivity contribution in [2.45, 2.75) is 38.2 Å². The summed E-state index contributed by atoms with van der Waals surface area (Å²) in [4.78, 5) is 27.4. The molecule has 0 saturated carbocycles. The fourth-order valence-corrected chi connectivity index (χ4v) is 4.28. The van der Waals surface area contributed by atoms with Gasteiger partial charge in [-0.3, -0.25) is 9.59 Å². The highest BCUT2D eigenvalue weighted by atomic mass is 35.5. The van der Waals surface area contributed by atoms with Crippen molar-refractivity contribution in [1.82, 2.24) is 19.7 Å². The molecule has 0 unspecified atom stereocenters. The number of halogens is 4. The molecule has 2 heterocycles. The molecule has 184 valence electrons. The molecule has 1 aliphatic heterocycles. The van der Waals surface area contributed by atoms with Crippen LogP contribution in [0.2, 0.25) is 5.02 Å². The Morgan fingerprint density at radius 2 is 1.83 bits per heavy atom. The molecule has 0 aliphatic carbocycles. The number of aromatic nitrogens is 3. The van der Waals surface area contributed by atoms with Crippen LogP contribution in [0.15, 0.2) is 55.1 Å². The highest BCUT2D eigenvalue weighted by molar-refractivity contribution is 6.33. The quantitative estimate of drug-likeness (QED) is 0.530. The molecular formula is C23H21ClF3N5O3. The fourth-order valence-electron chi connectivity index (χ4n) is 3.99. The summed E-state index contributed by atoms with van der Waals surface area (Å²) < 4.78 is 44.0. The molecule has 35 heavy (non-hydrogen) atoms. The first-order chi connectivity index (χ1) is 16.7. The van der Waals surface area contributed by atoms with Gasteiger partial charge in [-0.2, -0.15) is 0 Å². The van der Waals surface area contributed by atoms with Crippen LogP contribution < -0.4 is 10.1 Å². The van der Waals surface area contributed by atoms with Crippen molar-refractivity contribution in [3.63, 3.8) is 0 Å². The number of rotatable bonds is 6. The molecule has 1 aliphatic rings. The summed E-state index contributed by atoms with van der Waals surface area (Å²) in [6.45, 7) is 0.478. The number of benzene rings is 2. The van der Waals surface area contributed by atoms with E-state index in [9.17, 15) is 22.8 Å². The van der Waals surface area contributed by atoms with Gasteiger partial charge in [0, 0.05) is 23.4 Å². The van der Waals surface area contributed by atoms with E-state index in [1.807, 2.05) is 0 Å². The number of para-hydroxylation sites is 1. The molecule has 1 saturated heterocycles. The van der Waals surface area contributed by atoms with Gasteiger partial charge in [-0.15, -0.1) is 23.4 Å². The number of nitrogens with zero attached hydrogens (tertiary/aromatic N) is 4. The van der Waals surface area contributed by atoms with Crippen molar-refractivity contribution in [3.8, 4) is 16.9 Å². The third-order valence-electron chi connectivity index (χ3n) is 5.55. The van der Waals surface area contributed by atoms with Crippen LogP contribution in [-0.2, 0) is 16.1 Å². The Balaban J connectivity index is 1.49. The van der Waals surface area contributed by atoms with E-state index in [2.05, 4.69) is 20.3 Å². The summed E-state index contributed by atoms with van der Waals surface area (Å²) in [6, 6.07) is 9.48. The Morgan fingerprint density at radius 3 is 2.54 bits per heavy atom. The van der Waals surface area contributed by atoms with E-state index in [4.69, 9.17) is 11.6 Å². The van der Waals surface area contributed by atoms with Gasteiger partial charge in [0.25, 0.3) is 0 Å². The van der Waals surface area contributed by atoms with Crippen molar-refractivity contribution in [1.29, 1.82) is 0 Å². The number of hydrogen-bond donors (Lipinski definition) is 1. The predicted molar refractivity (Wildman–Crippen MR) is 122 cm³/mol. The summed E-state index contributed by atoms with van der Waals surface area (Å²) in [6.07, 6.45) is 0.0977. The number of piperidine rings is 1. The zero-order chi connectivity index (χ0) is 25.0. The normalized spacial score (nSPS) is 16.1. The van der Waals surface area contributed by atoms with E-state index < -0.39 is 12.4 Å². The fraction of sp³-hybridized carbons (Fsp3) is 0.304. The Morgan fingerprint density at radius 1 is 1.09 bits per heavy atom. The van der Waals surface area contributed by atoms with Gasteiger partial charge in [-0.1, -0.05) is 35.9 Å². The van der Waals surface area contributed by atoms with Crippen LogP contribution >= 0.6 is 11.6 Å². The minimum absolute atomic E-state index is 0.0245. The topological polar surface area (TPSA) is 89.4 Å². The van der Waals surface area contributed by atoms with Crippen molar-refractivity contribution < 1.29 is 27.5 Å². The maximum atomic E-state index is 13.0. The number of likely N-dealkylation sites (tertiary alicyclic amines) is 1. The van der Waals surface area contributed by atoms with E-state index >= 15 is 0 Å². The average molecular weight is 508 g/mol. The second kappa shape index (κ2) is 10.3. The lowest BCUT2D eigenvalue weighted by Gasteiger charge is -2.34. The summed E-state index contributed by atoms with van der Waals surface area (Å²) >= 11 is 6.37. The van der Waals surface area contributed by atoms with Gasteiger partial charge in [0.15, 0.2) is 0 Å². The Hall–Kier alpha value is -3.60. The first-order valence-electron chi connectivity index (χ1n) is 10.8. The molecular weight excluding hydrogens is 487 g/mol. The number of hydrogen-bond acceptors (Lipinski definition) is 5. The molecule has 1 aromatic heterocycles. The number of alkyl halides is 3. The van der Waals surface area contributed by atoms with Gasteiger partial charge < -0.3 is 19.5 Å². The van der Waals surface area contributed by atoms with Crippen LogP contribution in [0.3, 0.4) is 0 Å². The van der Waals surface area contributed by atoms with Crippen LogP contribution in [0, 0.1) is 0 Å². The third kappa shape index (κ3) is 6.10. The minimum Gasteiger partial charge on any atom is -0.405 e. The van der Waals surface area contributed by atoms with Gasteiger partial charge in [-0.25, -0.2) is 0 Å². The van der Waals surface area contributed by atoms with Gasteiger partial charge in [0.2, 0.25) is 11.8 Å². The first kappa shape index (κ1) is 24.5. The maximum absolute atomic E-state index is 13.0. The second-order valence-corrected chi connectivity index (χ2v) is 8.37. The molecule has 12 heteroatoms. The SMILES string of the molecule is O=C(Nc1ccc(-c2ccccc2OC(F)(F)F)c(Cl)c1)[C@H]1CCCCN1C(=O)Cn1cnnc1. The van der Waals surface area contributed by atoms with Crippen molar-refractivity contribution >= 4 is 29.1 Å². The van der Waals surface area contributed by atoms with E-state index in [0.29, 0.717) is 24.2 Å². The highest BCUT2D eigenvalue weighted by Gasteiger charge is 2.33. The number of ether oxygens (including phenoxy) is 1. The number of carbonyl (C=O) groups is 2. The molecule has 1 N–H and O–H groups in total.